The van der Waals surface area contributed by atoms with Crippen LogP contribution in [0.4, 0.5) is 14.6 Å². The molecule has 3 rings (SSSR count). The van der Waals surface area contributed by atoms with Crippen LogP contribution in [0.15, 0.2) is 58.1 Å². The first-order valence-electron chi connectivity index (χ1n) is 8.48. The second-order valence-corrected chi connectivity index (χ2v) is 6.00. The van der Waals surface area contributed by atoms with E-state index in [1.54, 1.807) is 28.1 Å². The largest absolute Gasteiger partial charge is 0.327 e. The van der Waals surface area contributed by atoms with Crippen molar-refractivity contribution in [1.82, 2.24) is 14.6 Å². The molecule has 7 nitrogen and oxygen atoms in total. The first-order valence-corrected chi connectivity index (χ1v) is 8.48. The van der Waals surface area contributed by atoms with Gasteiger partial charge in [-0.3, -0.25) is 14.7 Å². The molecule has 0 radical (unpaired) electrons. The van der Waals surface area contributed by atoms with E-state index in [1.807, 2.05) is 25.1 Å². The average molecular weight is 374 g/mol. The molecular weight excluding hydrogens is 354 g/mol. The lowest BCUT2D eigenvalue weighted by Crippen LogP contribution is -2.29. The third kappa shape index (κ3) is 4.20. The smallest absolute Gasteiger partial charge is 0.272 e. The van der Waals surface area contributed by atoms with E-state index in [9.17, 15) is 13.6 Å². The topological polar surface area (TPSA) is 79.8 Å². The van der Waals surface area contributed by atoms with Gasteiger partial charge in [-0.1, -0.05) is 6.07 Å². The van der Waals surface area contributed by atoms with Crippen molar-refractivity contribution in [1.29, 1.82) is 0 Å². The highest BCUT2D eigenvalue weighted by Crippen LogP contribution is 2.21. The molecule has 0 atom stereocenters. The SMILES string of the molecule is CCn1cc(-c2cccc(N3C=NN(CC(CN)=C(F)F)C3)n2)ccc1=O. The van der Waals surface area contributed by atoms with E-state index in [2.05, 4.69) is 10.1 Å². The summed E-state index contributed by atoms with van der Waals surface area (Å²) in [5.41, 5.74) is 6.67. The average Bonchev–Trinajstić information content (AvgIpc) is 3.15. The summed E-state index contributed by atoms with van der Waals surface area (Å²) >= 11 is 0. The number of pyridine rings is 2. The van der Waals surface area contributed by atoms with E-state index >= 15 is 0 Å². The zero-order valence-corrected chi connectivity index (χ0v) is 14.8. The standard InChI is InChI=1S/C18H20F2N6O/c1-2-24-9-13(6-7-17(24)27)15-4-3-5-16(23-15)25-11-22-26(12-25)10-14(8-21)18(19)20/h3-7,9,11H,2,8,10,12,21H2,1H3. The Labute approximate surface area is 155 Å². The minimum Gasteiger partial charge on any atom is -0.327 e. The Kier molecular flexibility index (Phi) is 5.60. The molecule has 3 heterocycles. The molecule has 0 unspecified atom stereocenters. The van der Waals surface area contributed by atoms with Gasteiger partial charge in [-0.15, -0.1) is 0 Å². The van der Waals surface area contributed by atoms with Crippen LogP contribution in [0.25, 0.3) is 11.3 Å². The Hall–Kier alpha value is -3.07. The molecule has 0 bridgehead atoms. The quantitative estimate of drug-likeness (QED) is 0.837. The third-order valence-corrected chi connectivity index (χ3v) is 4.21. The van der Waals surface area contributed by atoms with Crippen molar-refractivity contribution in [2.45, 2.75) is 13.5 Å². The van der Waals surface area contributed by atoms with Gasteiger partial charge in [0.25, 0.3) is 11.6 Å². The van der Waals surface area contributed by atoms with Crippen molar-refractivity contribution < 1.29 is 8.78 Å². The van der Waals surface area contributed by atoms with Crippen molar-refractivity contribution in [2.75, 3.05) is 24.7 Å². The van der Waals surface area contributed by atoms with E-state index in [1.165, 1.54) is 11.1 Å². The van der Waals surface area contributed by atoms with Crippen molar-refractivity contribution >= 4 is 12.2 Å². The molecular formula is C18H20F2N6O. The fourth-order valence-electron chi connectivity index (χ4n) is 2.70. The lowest BCUT2D eigenvalue weighted by atomic mass is 10.2. The minimum absolute atomic E-state index is 0.0347. The molecule has 0 spiro atoms. The Morgan fingerprint density at radius 1 is 1.26 bits per heavy atom. The van der Waals surface area contributed by atoms with Crippen molar-refractivity contribution in [3.8, 4) is 11.3 Å². The summed E-state index contributed by atoms with van der Waals surface area (Å²) in [5.74, 6) is 0.631. The molecule has 27 heavy (non-hydrogen) atoms. The first-order chi connectivity index (χ1) is 13.0. The minimum atomic E-state index is -1.77. The van der Waals surface area contributed by atoms with E-state index in [0.29, 0.717) is 24.7 Å². The summed E-state index contributed by atoms with van der Waals surface area (Å²) < 4.78 is 27.2. The van der Waals surface area contributed by atoms with Crippen LogP contribution in [-0.4, -0.2) is 40.7 Å². The van der Waals surface area contributed by atoms with Crippen molar-refractivity contribution in [3.63, 3.8) is 0 Å². The maximum Gasteiger partial charge on any atom is 0.272 e. The van der Waals surface area contributed by atoms with Gasteiger partial charge in [0, 0.05) is 36.5 Å². The maximum absolute atomic E-state index is 12.8. The normalized spacial score (nSPS) is 13.3. The molecule has 2 aromatic heterocycles. The number of hydrogen-bond donors (Lipinski definition) is 1. The van der Waals surface area contributed by atoms with Crippen LogP contribution in [0.1, 0.15) is 6.92 Å². The molecule has 0 fully saturated rings. The third-order valence-electron chi connectivity index (χ3n) is 4.21. The molecule has 0 amide bonds. The molecule has 0 aliphatic carbocycles. The number of anilines is 1. The summed E-state index contributed by atoms with van der Waals surface area (Å²) in [6.45, 7) is 2.51. The fraction of sp³-hybridized carbons (Fsp3) is 0.278. The van der Waals surface area contributed by atoms with Crippen LogP contribution in [0.5, 0.6) is 0 Å². The molecule has 142 valence electrons. The predicted octanol–water partition coefficient (Wildman–Crippen LogP) is 2.06. The van der Waals surface area contributed by atoms with Crippen LogP contribution < -0.4 is 16.2 Å². The Morgan fingerprint density at radius 3 is 2.78 bits per heavy atom. The van der Waals surface area contributed by atoms with Gasteiger partial charge < -0.3 is 10.3 Å². The second-order valence-electron chi connectivity index (χ2n) is 6.00. The number of aryl methyl sites for hydroxylation is 1. The lowest BCUT2D eigenvalue weighted by Gasteiger charge is -2.19. The Morgan fingerprint density at radius 2 is 2.07 bits per heavy atom. The first kappa shape index (κ1) is 18.7. The number of hydrazone groups is 1. The molecule has 9 heteroatoms. The number of nitrogens with zero attached hydrogens (tertiary/aromatic N) is 5. The van der Waals surface area contributed by atoms with Gasteiger partial charge in [0.2, 0.25) is 0 Å². The molecule has 2 N–H and O–H groups in total. The number of halogens is 2. The van der Waals surface area contributed by atoms with Crippen LogP contribution in [0, 0.1) is 0 Å². The van der Waals surface area contributed by atoms with Crippen LogP contribution in [0.2, 0.25) is 0 Å². The van der Waals surface area contributed by atoms with Gasteiger partial charge in [-0.25, -0.2) is 4.98 Å². The van der Waals surface area contributed by atoms with Gasteiger partial charge in [0.1, 0.15) is 18.8 Å². The molecule has 0 saturated heterocycles. The van der Waals surface area contributed by atoms with Gasteiger partial charge in [-0.05, 0) is 25.1 Å². The molecule has 0 aromatic carbocycles. The summed E-state index contributed by atoms with van der Waals surface area (Å²) in [6.07, 6.45) is 1.54. The summed E-state index contributed by atoms with van der Waals surface area (Å²) in [6, 6.07) is 8.75. The van der Waals surface area contributed by atoms with Gasteiger partial charge in [0.05, 0.1) is 12.2 Å². The highest BCUT2D eigenvalue weighted by molar-refractivity contribution is 5.79. The van der Waals surface area contributed by atoms with Crippen molar-refractivity contribution in [2.24, 2.45) is 10.8 Å². The number of aromatic nitrogens is 2. The fourth-order valence-corrected chi connectivity index (χ4v) is 2.70. The van der Waals surface area contributed by atoms with E-state index < -0.39 is 6.08 Å². The Balaban J connectivity index is 1.78. The van der Waals surface area contributed by atoms with Crippen LogP contribution in [0.3, 0.4) is 0 Å². The highest BCUT2D eigenvalue weighted by Gasteiger charge is 2.19. The van der Waals surface area contributed by atoms with E-state index in [-0.39, 0.29) is 24.2 Å². The Bertz CT molecular complexity index is 935. The number of hydrogen-bond acceptors (Lipinski definition) is 6. The molecule has 2 aromatic rings. The van der Waals surface area contributed by atoms with E-state index in [0.717, 1.165) is 5.56 Å². The summed E-state index contributed by atoms with van der Waals surface area (Å²) in [5, 5.41) is 5.62. The summed E-state index contributed by atoms with van der Waals surface area (Å²) in [4.78, 5) is 18.1. The van der Waals surface area contributed by atoms with Gasteiger partial charge in [0.15, 0.2) is 0 Å². The molecule has 0 saturated carbocycles. The second kappa shape index (κ2) is 8.09. The van der Waals surface area contributed by atoms with Crippen molar-refractivity contribution in [3.05, 3.63) is 58.5 Å². The summed E-state index contributed by atoms with van der Waals surface area (Å²) in [7, 11) is 0. The lowest BCUT2D eigenvalue weighted by molar-refractivity contribution is 0.326. The molecule has 1 aliphatic rings. The van der Waals surface area contributed by atoms with E-state index in [4.69, 9.17) is 5.73 Å². The zero-order chi connectivity index (χ0) is 19.4. The number of nitrogens with two attached hydrogens (primary N) is 1. The van der Waals surface area contributed by atoms with Gasteiger partial charge in [-0.2, -0.15) is 13.9 Å². The predicted molar refractivity (Wildman–Crippen MR) is 100 cm³/mol. The van der Waals surface area contributed by atoms with Crippen LogP contribution in [-0.2, 0) is 6.54 Å². The molecule has 1 aliphatic heterocycles. The maximum atomic E-state index is 12.8. The van der Waals surface area contributed by atoms with Gasteiger partial charge >= 0.3 is 0 Å². The van der Waals surface area contributed by atoms with Crippen LogP contribution >= 0.6 is 0 Å². The zero-order valence-electron chi connectivity index (χ0n) is 14.8. The highest BCUT2D eigenvalue weighted by atomic mass is 19.3. The monoisotopic (exact) mass is 374 g/mol. The number of rotatable bonds is 6.